The molecule has 0 saturated carbocycles. The fraction of sp³-hybridized carbons (Fsp3) is 0.474. The van der Waals surface area contributed by atoms with Gasteiger partial charge in [-0.05, 0) is 24.8 Å². The predicted molar refractivity (Wildman–Crippen MR) is 88.7 cm³/mol. The van der Waals surface area contributed by atoms with Crippen molar-refractivity contribution in [3.05, 3.63) is 54.6 Å². The maximum Gasteiger partial charge on any atom is 0.0836 e. The lowest BCUT2D eigenvalue weighted by atomic mass is 9.96. The molecule has 1 aromatic rings. The number of hydrogen-bond acceptors (Lipinski definition) is 1. The minimum atomic E-state index is -0.212. The van der Waals surface area contributed by atoms with Gasteiger partial charge in [-0.2, -0.15) is 0 Å². The summed E-state index contributed by atoms with van der Waals surface area (Å²) in [5.74, 6) is 0.752. The molecule has 1 nitrogen and oxygen atoms in total. The van der Waals surface area contributed by atoms with Crippen molar-refractivity contribution in [2.45, 2.75) is 45.6 Å². The highest BCUT2D eigenvalue weighted by molar-refractivity contribution is 5.48. The van der Waals surface area contributed by atoms with Crippen LogP contribution in [0.3, 0.4) is 0 Å². The summed E-state index contributed by atoms with van der Waals surface area (Å²) in [5, 5.41) is 0. The molecule has 0 saturated heterocycles. The molecule has 0 amide bonds. The van der Waals surface area contributed by atoms with Crippen molar-refractivity contribution in [1.82, 2.24) is 0 Å². The van der Waals surface area contributed by atoms with Crippen molar-refractivity contribution in [3.63, 3.8) is 0 Å². The molecule has 0 spiro atoms. The van der Waals surface area contributed by atoms with E-state index >= 15 is 0 Å². The van der Waals surface area contributed by atoms with Crippen LogP contribution in [-0.2, 0) is 4.74 Å². The summed E-state index contributed by atoms with van der Waals surface area (Å²) >= 11 is 0. The molecule has 1 atom stereocenters. The van der Waals surface area contributed by atoms with Gasteiger partial charge in [0.25, 0.3) is 0 Å². The van der Waals surface area contributed by atoms with Crippen LogP contribution >= 0.6 is 0 Å². The molecule has 0 aromatic heterocycles. The Morgan fingerprint density at radius 3 is 2.55 bits per heavy atom. The van der Waals surface area contributed by atoms with Crippen molar-refractivity contribution in [3.8, 4) is 0 Å². The van der Waals surface area contributed by atoms with Gasteiger partial charge >= 0.3 is 0 Å². The van der Waals surface area contributed by atoms with Crippen molar-refractivity contribution >= 4 is 6.08 Å². The average Bonchev–Trinajstić information content (AvgIpc) is 2.44. The SMILES string of the molecule is C=CC(C)(CCCC(C)C)OC/C=C/c1ccccc1. The van der Waals surface area contributed by atoms with Crippen LogP contribution in [0, 0.1) is 5.92 Å². The van der Waals surface area contributed by atoms with Gasteiger partial charge in [0.2, 0.25) is 0 Å². The standard InChI is InChI=1S/C19H28O/c1-5-19(4,15-9-11-17(2)3)20-16-10-14-18-12-7-6-8-13-18/h5-8,10,12-14,17H,1,9,11,15-16H2,2-4H3/b14-10+. The first-order chi connectivity index (χ1) is 9.56. The zero-order chi connectivity index (χ0) is 14.8. The Morgan fingerprint density at radius 2 is 1.95 bits per heavy atom. The van der Waals surface area contributed by atoms with Crippen LogP contribution in [0.15, 0.2) is 49.1 Å². The van der Waals surface area contributed by atoms with Crippen LogP contribution in [0.5, 0.6) is 0 Å². The summed E-state index contributed by atoms with van der Waals surface area (Å²) in [5.41, 5.74) is 0.992. The third-order valence-electron chi connectivity index (χ3n) is 3.51. The Morgan fingerprint density at radius 1 is 1.25 bits per heavy atom. The van der Waals surface area contributed by atoms with Crippen molar-refractivity contribution < 1.29 is 4.74 Å². The molecule has 1 unspecified atom stereocenters. The van der Waals surface area contributed by atoms with Crippen LogP contribution < -0.4 is 0 Å². The van der Waals surface area contributed by atoms with Crippen LogP contribution in [0.1, 0.15) is 45.6 Å². The molecule has 0 aliphatic heterocycles. The molecule has 1 heteroatoms. The Kier molecular flexibility index (Phi) is 7.32. The van der Waals surface area contributed by atoms with Gasteiger partial charge in [-0.25, -0.2) is 0 Å². The van der Waals surface area contributed by atoms with E-state index in [0.29, 0.717) is 6.61 Å². The third-order valence-corrected chi connectivity index (χ3v) is 3.51. The van der Waals surface area contributed by atoms with Crippen molar-refractivity contribution in [2.75, 3.05) is 6.61 Å². The maximum atomic E-state index is 5.98. The van der Waals surface area contributed by atoms with E-state index in [4.69, 9.17) is 4.74 Å². The molecule has 0 bridgehead atoms. The molecule has 0 N–H and O–H groups in total. The molecule has 0 fully saturated rings. The summed E-state index contributed by atoms with van der Waals surface area (Å²) in [7, 11) is 0. The quantitative estimate of drug-likeness (QED) is 0.540. The molecule has 0 radical (unpaired) electrons. The fourth-order valence-corrected chi connectivity index (χ4v) is 2.08. The fourth-order valence-electron chi connectivity index (χ4n) is 2.08. The molecular weight excluding hydrogens is 244 g/mol. The summed E-state index contributed by atoms with van der Waals surface area (Å²) in [4.78, 5) is 0. The largest absolute Gasteiger partial charge is 0.367 e. The molecular formula is C19H28O. The number of rotatable bonds is 9. The predicted octanol–water partition coefficient (Wildman–Crippen LogP) is 5.49. The summed E-state index contributed by atoms with van der Waals surface area (Å²) in [6.45, 7) is 11.2. The Balaban J connectivity index is 2.36. The zero-order valence-corrected chi connectivity index (χ0v) is 13.1. The Hall–Kier alpha value is -1.34. The first kappa shape index (κ1) is 16.7. The van der Waals surface area contributed by atoms with Gasteiger partial charge < -0.3 is 4.74 Å². The van der Waals surface area contributed by atoms with E-state index in [2.05, 4.69) is 51.6 Å². The first-order valence-electron chi connectivity index (χ1n) is 7.55. The van der Waals surface area contributed by atoms with E-state index in [9.17, 15) is 0 Å². The third kappa shape index (κ3) is 6.72. The van der Waals surface area contributed by atoms with E-state index in [1.165, 1.54) is 18.4 Å². The topological polar surface area (TPSA) is 9.23 Å². The minimum absolute atomic E-state index is 0.212. The Labute approximate surface area is 124 Å². The lowest BCUT2D eigenvalue weighted by Crippen LogP contribution is -2.26. The summed E-state index contributed by atoms with van der Waals surface area (Å²) in [6.07, 6.45) is 9.56. The highest BCUT2D eigenvalue weighted by Gasteiger charge is 2.19. The molecule has 0 aliphatic rings. The molecule has 0 heterocycles. The normalized spacial score (nSPS) is 14.6. The number of hydrogen-bond donors (Lipinski definition) is 0. The van der Waals surface area contributed by atoms with Crippen LogP contribution in [0.2, 0.25) is 0 Å². The van der Waals surface area contributed by atoms with Gasteiger partial charge in [-0.1, -0.05) is 75.2 Å². The molecule has 1 aromatic carbocycles. The highest BCUT2D eigenvalue weighted by Crippen LogP contribution is 2.21. The average molecular weight is 272 g/mol. The van der Waals surface area contributed by atoms with Crippen LogP contribution in [-0.4, -0.2) is 12.2 Å². The second kappa shape index (κ2) is 8.76. The van der Waals surface area contributed by atoms with Crippen LogP contribution in [0.25, 0.3) is 6.08 Å². The Bertz CT molecular complexity index is 405. The molecule has 1 rings (SSSR count). The van der Waals surface area contributed by atoms with Gasteiger partial charge in [-0.3, -0.25) is 0 Å². The lowest BCUT2D eigenvalue weighted by molar-refractivity contribution is 0.0151. The summed E-state index contributed by atoms with van der Waals surface area (Å²) < 4.78 is 5.98. The smallest absolute Gasteiger partial charge is 0.0836 e. The first-order valence-corrected chi connectivity index (χ1v) is 7.55. The van der Waals surface area contributed by atoms with E-state index in [-0.39, 0.29) is 5.60 Å². The molecule has 110 valence electrons. The molecule has 20 heavy (non-hydrogen) atoms. The number of benzene rings is 1. The van der Waals surface area contributed by atoms with Gasteiger partial charge in [0, 0.05) is 0 Å². The zero-order valence-electron chi connectivity index (χ0n) is 13.1. The molecule has 0 aliphatic carbocycles. The van der Waals surface area contributed by atoms with Gasteiger partial charge in [-0.15, -0.1) is 6.58 Å². The summed E-state index contributed by atoms with van der Waals surface area (Å²) in [6, 6.07) is 10.3. The van der Waals surface area contributed by atoms with E-state index < -0.39 is 0 Å². The second-order valence-electron chi connectivity index (χ2n) is 5.93. The monoisotopic (exact) mass is 272 g/mol. The van der Waals surface area contributed by atoms with E-state index in [0.717, 1.165) is 12.3 Å². The van der Waals surface area contributed by atoms with Crippen LogP contribution in [0.4, 0.5) is 0 Å². The lowest BCUT2D eigenvalue weighted by Gasteiger charge is -2.26. The van der Waals surface area contributed by atoms with Gasteiger partial charge in [0.1, 0.15) is 0 Å². The number of ether oxygens (including phenoxy) is 1. The van der Waals surface area contributed by atoms with Crippen molar-refractivity contribution in [1.29, 1.82) is 0 Å². The minimum Gasteiger partial charge on any atom is -0.367 e. The maximum absolute atomic E-state index is 5.98. The van der Waals surface area contributed by atoms with Gasteiger partial charge in [0.15, 0.2) is 0 Å². The highest BCUT2D eigenvalue weighted by atomic mass is 16.5. The second-order valence-corrected chi connectivity index (χ2v) is 5.93. The van der Waals surface area contributed by atoms with Gasteiger partial charge in [0.05, 0.1) is 12.2 Å². The van der Waals surface area contributed by atoms with E-state index in [1.807, 2.05) is 24.3 Å². The van der Waals surface area contributed by atoms with Crippen molar-refractivity contribution in [2.24, 2.45) is 5.92 Å². The van der Waals surface area contributed by atoms with E-state index in [1.54, 1.807) is 0 Å².